The molecule has 1 aromatic heterocycles. The molecule has 0 fully saturated rings. The van der Waals surface area contributed by atoms with Crippen LogP contribution in [0.4, 0.5) is 0 Å². The number of benzene rings is 1. The molecule has 0 aliphatic heterocycles. The number of thiophene rings is 1. The minimum Gasteiger partial charge on any atom is -0.496 e. The van der Waals surface area contributed by atoms with E-state index in [0.29, 0.717) is 0 Å². The molecular formula is C16H21NOS. The summed E-state index contributed by atoms with van der Waals surface area (Å²) in [5.41, 5.74) is 11.3. The van der Waals surface area contributed by atoms with Gasteiger partial charge in [-0.25, -0.2) is 0 Å². The number of hydrogen-bond acceptors (Lipinski definition) is 3. The van der Waals surface area contributed by atoms with E-state index in [4.69, 9.17) is 10.5 Å². The molecule has 0 spiro atoms. The molecule has 102 valence electrons. The maximum atomic E-state index is 6.49. The maximum absolute atomic E-state index is 6.49. The van der Waals surface area contributed by atoms with Crippen molar-refractivity contribution in [3.05, 3.63) is 50.7 Å². The lowest BCUT2D eigenvalue weighted by Gasteiger charge is -2.19. The number of hydrogen-bond donors (Lipinski definition) is 1. The lowest BCUT2D eigenvalue weighted by molar-refractivity contribution is 0.407. The van der Waals surface area contributed by atoms with Crippen LogP contribution in [-0.2, 0) is 6.42 Å². The lowest BCUT2D eigenvalue weighted by Crippen LogP contribution is -2.15. The SMILES string of the molecule is CCc1ccsc1C(N)c1c(C)cc(C)cc1OC. The van der Waals surface area contributed by atoms with Crippen molar-refractivity contribution < 1.29 is 4.74 Å². The zero-order valence-corrected chi connectivity index (χ0v) is 12.8. The third-order valence-corrected chi connectivity index (χ3v) is 4.51. The molecule has 2 rings (SSSR count). The van der Waals surface area contributed by atoms with E-state index in [1.807, 2.05) is 0 Å². The first-order valence-electron chi connectivity index (χ1n) is 6.55. The van der Waals surface area contributed by atoms with Gasteiger partial charge in [-0.2, -0.15) is 0 Å². The van der Waals surface area contributed by atoms with Gasteiger partial charge in [0.1, 0.15) is 5.75 Å². The number of methoxy groups -OCH3 is 1. The van der Waals surface area contributed by atoms with Crippen LogP contribution in [0.1, 0.15) is 40.1 Å². The highest BCUT2D eigenvalue weighted by Gasteiger charge is 2.20. The van der Waals surface area contributed by atoms with Crippen LogP contribution >= 0.6 is 11.3 Å². The summed E-state index contributed by atoms with van der Waals surface area (Å²) in [5.74, 6) is 0.889. The summed E-state index contributed by atoms with van der Waals surface area (Å²) in [4.78, 5) is 1.24. The fourth-order valence-corrected chi connectivity index (χ4v) is 3.56. The zero-order chi connectivity index (χ0) is 14.0. The van der Waals surface area contributed by atoms with Crippen molar-refractivity contribution >= 4 is 11.3 Å². The fourth-order valence-electron chi connectivity index (χ4n) is 2.55. The van der Waals surface area contributed by atoms with Crippen molar-refractivity contribution in [2.45, 2.75) is 33.2 Å². The van der Waals surface area contributed by atoms with Gasteiger partial charge in [-0.15, -0.1) is 11.3 Å². The summed E-state index contributed by atoms with van der Waals surface area (Å²) >= 11 is 1.73. The van der Waals surface area contributed by atoms with Gasteiger partial charge in [0.25, 0.3) is 0 Å². The molecule has 2 nitrogen and oxygen atoms in total. The topological polar surface area (TPSA) is 35.2 Å². The second-order valence-corrected chi connectivity index (χ2v) is 5.79. The fraction of sp³-hybridized carbons (Fsp3) is 0.375. The number of aryl methyl sites for hydroxylation is 3. The van der Waals surface area contributed by atoms with Gasteiger partial charge in [-0.3, -0.25) is 0 Å². The second-order valence-electron chi connectivity index (χ2n) is 4.84. The highest BCUT2D eigenvalue weighted by Crippen LogP contribution is 2.36. The Bertz CT molecular complexity index is 574. The monoisotopic (exact) mass is 275 g/mol. The molecular weight excluding hydrogens is 254 g/mol. The quantitative estimate of drug-likeness (QED) is 0.916. The van der Waals surface area contributed by atoms with E-state index in [9.17, 15) is 0 Å². The first-order valence-corrected chi connectivity index (χ1v) is 7.43. The number of nitrogens with two attached hydrogens (primary N) is 1. The van der Waals surface area contributed by atoms with Gasteiger partial charge >= 0.3 is 0 Å². The summed E-state index contributed by atoms with van der Waals surface area (Å²) < 4.78 is 5.52. The van der Waals surface area contributed by atoms with Crippen molar-refractivity contribution in [2.24, 2.45) is 5.73 Å². The van der Waals surface area contributed by atoms with Crippen molar-refractivity contribution in [3.63, 3.8) is 0 Å². The summed E-state index contributed by atoms with van der Waals surface area (Å²) in [6, 6.07) is 6.28. The van der Waals surface area contributed by atoms with E-state index in [-0.39, 0.29) is 6.04 Å². The first kappa shape index (κ1) is 14.1. The first-order chi connectivity index (χ1) is 9.08. The Balaban J connectivity index is 2.52. The summed E-state index contributed by atoms with van der Waals surface area (Å²) in [5, 5.41) is 2.12. The van der Waals surface area contributed by atoms with Crippen LogP contribution < -0.4 is 10.5 Å². The van der Waals surface area contributed by atoms with Gasteiger partial charge in [-0.1, -0.05) is 13.0 Å². The molecule has 1 aromatic carbocycles. The Hall–Kier alpha value is -1.32. The van der Waals surface area contributed by atoms with Crippen molar-refractivity contribution in [1.29, 1.82) is 0 Å². The summed E-state index contributed by atoms with van der Waals surface area (Å²) in [6.07, 6.45) is 1.01. The highest BCUT2D eigenvalue weighted by molar-refractivity contribution is 7.10. The molecule has 1 atom stereocenters. The Labute approximate surface area is 119 Å². The van der Waals surface area contributed by atoms with E-state index >= 15 is 0 Å². The third kappa shape index (κ3) is 2.67. The Morgan fingerprint density at radius 3 is 2.68 bits per heavy atom. The molecule has 0 aliphatic carbocycles. The van der Waals surface area contributed by atoms with Crippen LogP contribution in [0.3, 0.4) is 0 Å². The van der Waals surface area contributed by atoms with Crippen LogP contribution in [0.25, 0.3) is 0 Å². The van der Waals surface area contributed by atoms with Crippen LogP contribution in [-0.4, -0.2) is 7.11 Å². The van der Waals surface area contributed by atoms with Gasteiger partial charge in [0.05, 0.1) is 13.2 Å². The molecule has 0 radical (unpaired) electrons. The van der Waals surface area contributed by atoms with Gasteiger partial charge in [0.15, 0.2) is 0 Å². The zero-order valence-electron chi connectivity index (χ0n) is 12.0. The van der Waals surface area contributed by atoms with Gasteiger partial charge < -0.3 is 10.5 Å². The van der Waals surface area contributed by atoms with Crippen LogP contribution in [0.2, 0.25) is 0 Å². The molecule has 1 unspecified atom stereocenters. The smallest absolute Gasteiger partial charge is 0.124 e. The Morgan fingerprint density at radius 1 is 1.32 bits per heavy atom. The average molecular weight is 275 g/mol. The van der Waals surface area contributed by atoms with Crippen molar-refractivity contribution in [1.82, 2.24) is 0 Å². The minimum absolute atomic E-state index is 0.106. The normalized spacial score (nSPS) is 12.5. The molecule has 2 aromatic rings. The molecule has 1 heterocycles. The van der Waals surface area contributed by atoms with E-state index in [2.05, 4.69) is 44.4 Å². The maximum Gasteiger partial charge on any atom is 0.124 e. The molecule has 0 aliphatic rings. The summed E-state index contributed by atoms with van der Waals surface area (Å²) in [7, 11) is 1.71. The number of rotatable bonds is 4. The largest absolute Gasteiger partial charge is 0.496 e. The van der Waals surface area contributed by atoms with E-state index < -0.39 is 0 Å². The molecule has 0 amide bonds. The predicted octanol–water partition coefficient (Wildman–Crippen LogP) is 3.98. The third-order valence-electron chi connectivity index (χ3n) is 3.47. The van der Waals surface area contributed by atoms with Crippen LogP contribution in [0.5, 0.6) is 5.75 Å². The van der Waals surface area contributed by atoms with Gasteiger partial charge in [0, 0.05) is 10.4 Å². The standard InChI is InChI=1S/C16H21NOS/c1-5-12-6-7-19-16(12)15(17)14-11(3)8-10(2)9-13(14)18-4/h6-9,15H,5,17H2,1-4H3. The van der Waals surface area contributed by atoms with Crippen molar-refractivity contribution in [2.75, 3.05) is 7.11 Å². The molecule has 0 bridgehead atoms. The van der Waals surface area contributed by atoms with E-state index in [0.717, 1.165) is 17.7 Å². The van der Waals surface area contributed by atoms with Crippen LogP contribution in [0, 0.1) is 13.8 Å². The predicted molar refractivity (Wildman–Crippen MR) is 82.2 cm³/mol. The van der Waals surface area contributed by atoms with E-state index in [1.165, 1.54) is 21.6 Å². The minimum atomic E-state index is -0.106. The Morgan fingerprint density at radius 2 is 2.05 bits per heavy atom. The summed E-state index contributed by atoms with van der Waals surface area (Å²) in [6.45, 7) is 6.34. The Kier molecular flexibility index (Phi) is 4.27. The molecule has 0 saturated heterocycles. The van der Waals surface area contributed by atoms with Gasteiger partial charge in [-0.05, 0) is 54.5 Å². The molecule has 0 saturated carbocycles. The van der Waals surface area contributed by atoms with E-state index in [1.54, 1.807) is 18.4 Å². The van der Waals surface area contributed by atoms with Gasteiger partial charge in [0.2, 0.25) is 0 Å². The lowest BCUT2D eigenvalue weighted by atomic mass is 9.95. The molecule has 19 heavy (non-hydrogen) atoms. The van der Waals surface area contributed by atoms with Crippen LogP contribution in [0.15, 0.2) is 23.6 Å². The van der Waals surface area contributed by atoms with Crippen molar-refractivity contribution in [3.8, 4) is 5.75 Å². The average Bonchev–Trinajstić information content (AvgIpc) is 2.85. The molecule has 2 N–H and O–H groups in total. The molecule has 3 heteroatoms. The second kappa shape index (κ2) is 5.76. The number of ether oxygens (including phenoxy) is 1. The highest BCUT2D eigenvalue weighted by atomic mass is 32.1.